The summed E-state index contributed by atoms with van der Waals surface area (Å²) >= 11 is 0. The van der Waals surface area contributed by atoms with Crippen LogP contribution >= 0.6 is 23.5 Å². The fraction of sp³-hybridized carbons (Fsp3) is 0.207. The van der Waals surface area contributed by atoms with Crippen molar-refractivity contribution in [2.75, 3.05) is 6.61 Å². The summed E-state index contributed by atoms with van der Waals surface area (Å²) in [6.45, 7) is -1.19. The Labute approximate surface area is 295 Å². The number of nitrogens with zero attached hydrogens (tertiary/aromatic N) is 1. The highest BCUT2D eigenvalue weighted by atomic mass is 31.3. The lowest BCUT2D eigenvalue weighted by atomic mass is 9.80. The molecule has 2 aliphatic rings. The molecule has 0 spiro atoms. The van der Waals surface area contributed by atoms with Crippen LogP contribution in [0.3, 0.4) is 0 Å². The minimum absolute atomic E-state index is 0.0963. The Kier molecular flexibility index (Phi) is 10.4. The highest BCUT2D eigenvalue weighted by Gasteiger charge is 2.50. The van der Waals surface area contributed by atoms with Crippen LogP contribution in [-0.4, -0.2) is 75.3 Å². The van der Waals surface area contributed by atoms with Crippen molar-refractivity contribution in [1.29, 1.82) is 0 Å². The molecule has 2 aliphatic heterocycles. The first-order valence-corrected chi connectivity index (χ1v) is 19.4. The van der Waals surface area contributed by atoms with Crippen molar-refractivity contribution in [1.82, 2.24) is 9.55 Å². The number of aromatic hydroxyl groups is 2. The average molecular weight is 800 g/mol. The molecule has 1 saturated heterocycles. The number of rotatable bonds is 11. The first-order chi connectivity index (χ1) is 24.8. The summed E-state index contributed by atoms with van der Waals surface area (Å²) in [6, 6.07) is 15.6. The summed E-state index contributed by atoms with van der Waals surface area (Å²) in [7, 11) is -17.4. The number of aromatic nitrogens is 2. The lowest BCUT2D eigenvalue weighted by molar-refractivity contribution is -0.0554. The number of aromatic amines is 1. The van der Waals surface area contributed by atoms with Crippen molar-refractivity contribution in [3.63, 3.8) is 0 Å². The van der Waals surface area contributed by atoms with Gasteiger partial charge in [-0.25, -0.2) is 23.3 Å². The van der Waals surface area contributed by atoms with Crippen molar-refractivity contribution >= 4 is 29.4 Å². The zero-order valence-electron chi connectivity index (χ0n) is 26.3. The first-order valence-electron chi connectivity index (χ1n) is 14.9. The SMILES string of the molecule is O=C(O[C@H]1[C@@H](O)[C@H](n2ccc(=O)[nH]c2=O)O[C@@H]1COP(=O)(O)OP(=O)(O)OP(=O)(O)O)c1ccccc1C1c2ccc(O)cc2Oc2cc(O)ccc21. The molecule has 4 aromatic rings. The van der Waals surface area contributed by atoms with Gasteiger partial charge in [0.25, 0.3) is 5.56 Å². The van der Waals surface area contributed by atoms with E-state index in [2.05, 4.69) is 13.1 Å². The van der Waals surface area contributed by atoms with Gasteiger partial charge in [0.2, 0.25) is 0 Å². The van der Waals surface area contributed by atoms with Gasteiger partial charge in [-0.2, -0.15) is 8.62 Å². The van der Waals surface area contributed by atoms with E-state index in [0.29, 0.717) is 21.3 Å². The van der Waals surface area contributed by atoms with E-state index in [9.17, 15) is 53.2 Å². The van der Waals surface area contributed by atoms with Crippen LogP contribution in [0, 0.1) is 0 Å². The highest BCUT2D eigenvalue weighted by Crippen LogP contribution is 2.66. The molecule has 0 radical (unpaired) electrons. The molecule has 2 unspecified atom stereocenters. The van der Waals surface area contributed by atoms with Gasteiger partial charge in [-0.15, -0.1) is 0 Å². The third kappa shape index (κ3) is 8.53. The topological polar surface area (TPSA) is 320 Å². The van der Waals surface area contributed by atoms with Crippen molar-refractivity contribution in [2.45, 2.75) is 30.5 Å². The highest BCUT2D eigenvalue weighted by molar-refractivity contribution is 7.66. The molecule has 282 valence electrons. The second kappa shape index (κ2) is 14.4. The van der Waals surface area contributed by atoms with Gasteiger partial charge in [-0.05, 0) is 23.8 Å². The number of H-pyrrole nitrogens is 1. The third-order valence-electron chi connectivity index (χ3n) is 7.82. The van der Waals surface area contributed by atoms with Gasteiger partial charge < -0.3 is 49.1 Å². The van der Waals surface area contributed by atoms with Gasteiger partial charge in [0.05, 0.1) is 12.2 Å². The third-order valence-corrected chi connectivity index (χ3v) is 11.6. The van der Waals surface area contributed by atoms with Crippen LogP contribution in [0.2, 0.25) is 0 Å². The van der Waals surface area contributed by atoms with E-state index in [1.807, 2.05) is 4.98 Å². The zero-order chi connectivity index (χ0) is 38.5. The molecule has 3 aromatic carbocycles. The Bertz CT molecular complexity index is 2290. The summed E-state index contributed by atoms with van der Waals surface area (Å²) in [5.41, 5.74) is -0.690. The maximum absolute atomic E-state index is 14.0. The molecule has 1 fully saturated rings. The summed E-state index contributed by atoms with van der Waals surface area (Å²) in [4.78, 5) is 77.3. The molecule has 0 saturated carbocycles. The van der Waals surface area contributed by atoms with Crippen LogP contribution in [0.4, 0.5) is 0 Å². The fourth-order valence-corrected chi connectivity index (χ4v) is 8.80. The Morgan fingerprint density at radius 1 is 0.830 bits per heavy atom. The zero-order valence-corrected chi connectivity index (χ0v) is 29.0. The normalized spacial score (nSPS) is 22.1. The van der Waals surface area contributed by atoms with Crippen molar-refractivity contribution in [2.24, 2.45) is 0 Å². The number of benzene rings is 3. The number of phenolic OH excluding ortho intramolecular Hbond substituents is 2. The molecule has 8 N–H and O–H groups in total. The number of fused-ring (bicyclic) bond motifs is 2. The first kappa shape index (κ1) is 38.3. The number of hydrogen-bond acceptors (Lipinski definition) is 15. The number of nitrogens with one attached hydrogen (secondary N) is 1. The molecule has 1 aromatic heterocycles. The number of carbonyl (C=O) groups is 1. The summed E-state index contributed by atoms with van der Waals surface area (Å²) in [5, 5.41) is 31.6. The molecule has 6 rings (SSSR count). The fourth-order valence-electron chi connectivity index (χ4n) is 5.77. The molecular formula is C29H27N2O19P3. The van der Waals surface area contributed by atoms with E-state index < -0.39 is 77.8 Å². The molecular weight excluding hydrogens is 773 g/mol. The Hall–Kier alpha value is -4.46. The number of phenols is 2. The second-order valence-corrected chi connectivity index (χ2v) is 15.8. The van der Waals surface area contributed by atoms with Gasteiger partial charge in [0.1, 0.15) is 35.2 Å². The van der Waals surface area contributed by atoms with Gasteiger partial charge in [0, 0.05) is 41.4 Å². The predicted molar refractivity (Wildman–Crippen MR) is 174 cm³/mol. The molecule has 21 nitrogen and oxygen atoms in total. The van der Waals surface area contributed by atoms with E-state index >= 15 is 0 Å². The quantitative estimate of drug-likeness (QED) is 0.0700. The number of aliphatic hydroxyl groups is 1. The van der Waals surface area contributed by atoms with Gasteiger partial charge in [-0.3, -0.25) is 18.9 Å². The van der Waals surface area contributed by atoms with Crippen LogP contribution in [0.5, 0.6) is 23.0 Å². The predicted octanol–water partition coefficient (Wildman–Crippen LogP) is 2.06. The Morgan fingerprint density at radius 3 is 2.06 bits per heavy atom. The molecule has 24 heteroatoms. The van der Waals surface area contributed by atoms with Gasteiger partial charge in [-0.1, -0.05) is 30.3 Å². The average Bonchev–Trinajstić information content (AvgIpc) is 3.34. The maximum atomic E-state index is 14.0. The molecule has 6 atom stereocenters. The standard InChI is InChI=1S/C29H27N2O19P3/c32-14-5-7-18-20(11-14)46-21-12-15(33)6-8-19(21)24(18)16-3-1-2-4-17(16)28(36)48-26-22(13-45-52(41,42)50-53(43,44)49-51(38,39)40)47-27(25(26)35)31-10-9-23(34)30-29(31)37/h1-12,22,24-27,32-33,35H,13H2,(H,41,42)(H,43,44)(H,30,34,37)(H2,38,39,40)/t22-,25-,26-,27-/m1/s1. The number of phosphoric ester groups is 1. The van der Waals surface area contributed by atoms with Gasteiger partial charge >= 0.3 is 35.1 Å². The molecule has 0 bridgehead atoms. The number of esters is 1. The van der Waals surface area contributed by atoms with Crippen LogP contribution < -0.4 is 16.0 Å². The number of aliphatic hydroxyl groups excluding tert-OH is 1. The summed E-state index contributed by atoms with van der Waals surface area (Å²) in [5.74, 6) is -1.73. The molecule has 3 heterocycles. The minimum atomic E-state index is -5.92. The van der Waals surface area contributed by atoms with E-state index in [1.165, 1.54) is 36.4 Å². The number of hydrogen-bond donors (Lipinski definition) is 8. The number of carbonyl (C=O) groups excluding carboxylic acids is 1. The Morgan fingerprint density at radius 2 is 1.45 bits per heavy atom. The lowest BCUT2D eigenvalue weighted by Crippen LogP contribution is -2.40. The van der Waals surface area contributed by atoms with E-state index in [1.54, 1.807) is 24.3 Å². The van der Waals surface area contributed by atoms with E-state index in [4.69, 9.17) is 24.0 Å². The summed E-state index contributed by atoms with van der Waals surface area (Å²) in [6.07, 6.45) is -6.39. The second-order valence-electron chi connectivity index (χ2n) is 11.4. The van der Waals surface area contributed by atoms with Crippen LogP contribution in [-0.2, 0) is 36.3 Å². The lowest BCUT2D eigenvalue weighted by Gasteiger charge is -2.30. The monoisotopic (exact) mass is 800 g/mol. The molecule has 0 aliphatic carbocycles. The van der Waals surface area contributed by atoms with Crippen LogP contribution in [0.1, 0.15) is 39.2 Å². The van der Waals surface area contributed by atoms with Gasteiger partial charge in [0.15, 0.2) is 12.3 Å². The molecule has 0 amide bonds. The van der Waals surface area contributed by atoms with Crippen molar-refractivity contribution < 1.29 is 80.7 Å². The van der Waals surface area contributed by atoms with Crippen molar-refractivity contribution in [3.05, 3.63) is 116 Å². The maximum Gasteiger partial charge on any atom is 0.490 e. The van der Waals surface area contributed by atoms with E-state index in [0.717, 1.165) is 12.3 Å². The molecule has 53 heavy (non-hydrogen) atoms. The van der Waals surface area contributed by atoms with Crippen LogP contribution in [0.25, 0.3) is 0 Å². The van der Waals surface area contributed by atoms with E-state index in [-0.39, 0.29) is 28.6 Å². The summed E-state index contributed by atoms with van der Waals surface area (Å²) < 4.78 is 65.4. The number of ether oxygens (including phenoxy) is 3. The number of phosphoric acid groups is 3. The largest absolute Gasteiger partial charge is 0.508 e. The Balaban J connectivity index is 1.33. The smallest absolute Gasteiger partial charge is 0.490 e. The van der Waals surface area contributed by atoms with Crippen molar-refractivity contribution in [3.8, 4) is 23.0 Å². The minimum Gasteiger partial charge on any atom is -0.508 e. The van der Waals surface area contributed by atoms with Crippen LogP contribution in [0.15, 0.2) is 82.5 Å².